The van der Waals surface area contributed by atoms with Crippen LogP contribution in [0.25, 0.3) is 0 Å². The number of ether oxygens (including phenoxy) is 1. The molecular formula is C12H22N4O2. The predicted molar refractivity (Wildman–Crippen MR) is 70.6 cm³/mol. The van der Waals surface area contributed by atoms with Gasteiger partial charge in [0.2, 0.25) is 5.95 Å². The minimum atomic E-state index is -0.470. The molecule has 0 fully saturated rings. The summed E-state index contributed by atoms with van der Waals surface area (Å²) in [6.45, 7) is 1.61. The van der Waals surface area contributed by atoms with E-state index in [-0.39, 0.29) is 0 Å². The first-order valence-corrected chi connectivity index (χ1v) is 5.86. The Morgan fingerprint density at radius 2 is 1.89 bits per heavy atom. The average Bonchev–Trinajstić information content (AvgIpc) is 2.29. The summed E-state index contributed by atoms with van der Waals surface area (Å²) in [6.07, 6.45) is 3.14. The van der Waals surface area contributed by atoms with Gasteiger partial charge < -0.3 is 14.7 Å². The number of aliphatic hydroxyl groups is 1. The van der Waals surface area contributed by atoms with Crippen molar-refractivity contribution in [2.24, 2.45) is 0 Å². The summed E-state index contributed by atoms with van der Waals surface area (Å²) >= 11 is 0. The van der Waals surface area contributed by atoms with Crippen molar-refractivity contribution in [2.45, 2.75) is 12.6 Å². The van der Waals surface area contributed by atoms with Crippen LogP contribution in [0.3, 0.4) is 0 Å². The van der Waals surface area contributed by atoms with Gasteiger partial charge in [-0.3, -0.25) is 4.90 Å². The number of hydrogen-bond acceptors (Lipinski definition) is 6. The summed E-state index contributed by atoms with van der Waals surface area (Å²) in [4.78, 5) is 12.4. The molecule has 102 valence electrons. The Kier molecular flexibility index (Phi) is 5.97. The zero-order chi connectivity index (χ0) is 13.5. The van der Waals surface area contributed by atoms with Crippen LogP contribution in [0.2, 0.25) is 0 Å². The minimum absolute atomic E-state index is 0.348. The van der Waals surface area contributed by atoms with Crippen molar-refractivity contribution in [2.75, 3.05) is 46.3 Å². The van der Waals surface area contributed by atoms with Gasteiger partial charge in [-0.2, -0.15) is 0 Å². The largest absolute Gasteiger partial charge is 0.389 e. The van der Waals surface area contributed by atoms with E-state index in [1.807, 2.05) is 43.3 Å². The fourth-order valence-corrected chi connectivity index (χ4v) is 1.64. The van der Waals surface area contributed by atoms with Crippen molar-refractivity contribution in [3.63, 3.8) is 0 Å². The standard InChI is InChI=1S/C12H22N4O2/c1-15(2)12-13-5-10(6-14-12)7-16(3)8-11(17)9-18-4/h5-6,11,17H,7-9H2,1-4H3/t11-/m1/s1. The van der Waals surface area contributed by atoms with Gasteiger partial charge in [0.15, 0.2) is 0 Å². The number of hydrogen-bond donors (Lipinski definition) is 1. The molecule has 0 aromatic carbocycles. The van der Waals surface area contributed by atoms with E-state index >= 15 is 0 Å². The Balaban J connectivity index is 2.46. The maximum absolute atomic E-state index is 9.61. The van der Waals surface area contributed by atoms with E-state index in [4.69, 9.17) is 4.74 Å². The lowest BCUT2D eigenvalue weighted by Gasteiger charge is -2.20. The average molecular weight is 254 g/mol. The summed E-state index contributed by atoms with van der Waals surface area (Å²) in [5, 5.41) is 9.61. The van der Waals surface area contributed by atoms with Gasteiger partial charge in [0.1, 0.15) is 0 Å². The molecule has 0 unspecified atom stereocenters. The monoisotopic (exact) mass is 254 g/mol. The maximum Gasteiger partial charge on any atom is 0.224 e. The van der Waals surface area contributed by atoms with E-state index in [2.05, 4.69) is 9.97 Å². The molecule has 1 atom stereocenters. The van der Waals surface area contributed by atoms with Crippen LogP contribution >= 0.6 is 0 Å². The molecule has 0 spiro atoms. The first-order chi connectivity index (χ1) is 8.52. The van der Waals surface area contributed by atoms with Crippen molar-refractivity contribution in [3.05, 3.63) is 18.0 Å². The normalized spacial score (nSPS) is 12.8. The second kappa shape index (κ2) is 7.25. The summed E-state index contributed by atoms with van der Waals surface area (Å²) in [5.41, 5.74) is 1.02. The van der Waals surface area contributed by atoms with E-state index < -0.39 is 6.10 Å². The molecule has 1 heterocycles. The van der Waals surface area contributed by atoms with E-state index in [0.29, 0.717) is 25.6 Å². The quantitative estimate of drug-likeness (QED) is 0.738. The Bertz CT molecular complexity index is 342. The molecule has 1 aromatic rings. The van der Waals surface area contributed by atoms with Crippen LogP contribution in [-0.4, -0.2) is 67.5 Å². The van der Waals surface area contributed by atoms with Crippen molar-refractivity contribution in [1.82, 2.24) is 14.9 Å². The summed E-state index contributed by atoms with van der Waals surface area (Å²) in [6, 6.07) is 0. The number of likely N-dealkylation sites (N-methyl/N-ethyl adjacent to an activating group) is 1. The molecule has 0 aliphatic carbocycles. The van der Waals surface area contributed by atoms with E-state index in [0.717, 1.165) is 5.56 Å². The Morgan fingerprint density at radius 1 is 1.28 bits per heavy atom. The lowest BCUT2D eigenvalue weighted by Crippen LogP contribution is -2.31. The molecule has 0 saturated heterocycles. The summed E-state index contributed by atoms with van der Waals surface area (Å²) < 4.78 is 4.89. The molecule has 0 amide bonds. The highest BCUT2D eigenvalue weighted by molar-refractivity contribution is 5.26. The molecule has 1 N–H and O–H groups in total. The van der Waals surface area contributed by atoms with Crippen LogP contribution in [0, 0.1) is 0 Å². The van der Waals surface area contributed by atoms with Crippen LogP contribution in [0.5, 0.6) is 0 Å². The third-order valence-electron chi connectivity index (χ3n) is 2.43. The number of methoxy groups -OCH3 is 1. The van der Waals surface area contributed by atoms with Crippen LogP contribution in [-0.2, 0) is 11.3 Å². The third kappa shape index (κ3) is 4.95. The molecule has 18 heavy (non-hydrogen) atoms. The molecule has 6 nitrogen and oxygen atoms in total. The topological polar surface area (TPSA) is 61.7 Å². The number of aromatic nitrogens is 2. The van der Waals surface area contributed by atoms with Gasteiger partial charge in [0.05, 0.1) is 12.7 Å². The fourth-order valence-electron chi connectivity index (χ4n) is 1.64. The molecule has 0 bridgehead atoms. The minimum Gasteiger partial charge on any atom is -0.389 e. The predicted octanol–water partition coefficient (Wildman–Crippen LogP) is -0.0183. The Morgan fingerprint density at radius 3 is 2.39 bits per heavy atom. The van der Waals surface area contributed by atoms with E-state index in [1.54, 1.807) is 7.11 Å². The SMILES string of the molecule is COC[C@H](O)CN(C)Cc1cnc(N(C)C)nc1. The highest BCUT2D eigenvalue weighted by atomic mass is 16.5. The van der Waals surface area contributed by atoms with Gasteiger partial charge in [0.25, 0.3) is 0 Å². The van der Waals surface area contributed by atoms with Crippen LogP contribution in [0.1, 0.15) is 5.56 Å². The summed E-state index contributed by atoms with van der Waals surface area (Å²) in [7, 11) is 7.33. The van der Waals surface area contributed by atoms with E-state index in [9.17, 15) is 5.11 Å². The van der Waals surface area contributed by atoms with Gasteiger partial charge in [-0.15, -0.1) is 0 Å². The van der Waals surface area contributed by atoms with Gasteiger partial charge >= 0.3 is 0 Å². The fraction of sp³-hybridized carbons (Fsp3) is 0.667. The number of aliphatic hydroxyl groups excluding tert-OH is 1. The number of anilines is 1. The first-order valence-electron chi connectivity index (χ1n) is 5.86. The Hall–Kier alpha value is -1.24. The molecule has 1 rings (SSSR count). The van der Waals surface area contributed by atoms with Gasteiger partial charge in [-0.1, -0.05) is 0 Å². The van der Waals surface area contributed by atoms with Crippen molar-refractivity contribution >= 4 is 5.95 Å². The number of rotatable bonds is 7. The highest BCUT2D eigenvalue weighted by Crippen LogP contribution is 2.05. The van der Waals surface area contributed by atoms with Gasteiger partial charge in [-0.25, -0.2) is 9.97 Å². The highest BCUT2D eigenvalue weighted by Gasteiger charge is 2.09. The van der Waals surface area contributed by atoms with Crippen molar-refractivity contribution in [3.8, 4) is 0 Å². The molecule has 0 aliphatic rings. The van der Waals surface area contributed by atoms with Crippen LogP contribution in [0.4, 0.5) is 5.95 Å². The Labute approximate surface area is 108 Å². The molecule has 0 radical (unpaired) electrons. The van der Waals surface area contributed by atoms with Crippen molar-refractivity contribution < 1.29 is 9.84 Å². The van der Waals surface area contributed by atoms with Gasteiger partial charge in [-0.05, 0) is 7.05 Å². The van der Waals surface area contributed by atoms with Gasteiger partial charge in [0, 0.05) is 52.3 Å². The molecule has 0 saturated carbocycles. The second-order valence-corrected chi connectivity index (χ2v) is 4.59. The maximum atomic E-state index is 9.61. The lowest BCUT2D eigenvalue weighted by molar-refractivity contribution is 0.0418. The van der Waals surface area contributed by atoms with E-state index in [1.165, 1.54) is 0 Å². The third-order valence-corrected chi connectivity index (χ3v) is 2.43. The molecule has 6 heteroatoms. The lowest BCUT2D eigenvalue weighted by atomic mass is 10.3. The second-order valence-electron chi connectivity index (χ2n) is 4.59. The van der Waals surface area contributed by atoms with Crippen molar-refractivity contribution in [1.29, 1.82) is 0 Å². The zero-order valence-corrected chi connectivity index (χ0v) is 11.5. The smallest absolute Gasteiger partial charge is 0.224 e. The first kappa shape index (κ1) is 14.8. The van der Waals surface area contributed by atoms with Crippen LogP contribution < -0.4 is 4.90 Å². The zero-order valence-electron chi connectivity index (χ0n) is 11.5. The molecule has 1 aromatic heterocycles. The number of nitrogens with zero attached hydrogens (tertiary/aromatic N) is 4. The molecule has 0 aliphatic heterocycles. The molecular weight excluding hydrogens is 232 g/mol. The van der Waals surface area contributed by atoms with Crippen LogP contribution in [0.15, 0.2) is 12.4 Å². The summed E-state index contributed by atoms with van der Waals surface area (Å²) in [5.74, 6) is 0.695.